The molecule has 2 N–H and O–H groups in total. The molecule has 198 valence electrons. The van der Waals surface area contributed by atoms with Crippen LogP contribution >= 0.6 is 23.2 Å². The molecule has 0 aliphatic carbocycles. The number of nitrogens with zero attached hydrogens (tertiary/aromatic N) is 3. The molecule has 1 aromatic heterocycles. The zero-order valence-corrected chi connectivity index (χ0v) is 22.2. The van der Waals surface area contributed by atoms with E-state index in [0.29, 0.717) is 16.6 Å². The van der Waals surface area contributed by atoms with E-state index in [1.54, 1.807) is 31.3 Å². The Morgan fingerprint density at radius 2 is 1.79 bits per heavy atom. The fourth-order valence-electron chi connectivity index (χ4n) is 4.21. The zero-order valence-electron chi connectivity index (χ0n) is 19.9. The van der Waals surface area contributed by atoms with Gasteiger partial charge in [0.1, 0.15) is 12.0 Å². The van der Waals surface area contributed by atoms with Crippen molar-refractivity contribution in [2.45, 2.75) is 12.6 Å². The molecule has 1 fully saturated rings. The summed E-state index contributed by atoms with van der Waals surface area (Å²) in [7, 11) is -2.34. The fourth-order valence-corrected chi connectivity index (χ4v) is 6.08. The fraction of sp³-hybridized carbons (Fsp3) is 0.200. The highest BCUT2D eigenvalue weighted by Crippen LogP contribution is 2.39. The Morgan fingerprint density at radius 1 is 1.05 bits per heavy atom. The average Bonchev–Trinajstić information content (AvgIpc) is 3.33. The number of rotatable bonds is 6. The molecule has 13 heteroatoms. The Bertz CT molecular complexity index is 1720. The minimum Gasteiger partial charge on any atom is -0.351 e. The topological polar surface area (TPSA) is 96.3 Å². The first kappa shape index (κ1) is 26.4. The Morgan fingerprint density at radius 3 is 2.47 bits per heavy atom. The normalized spacial score (nSPS) is 16.2. The van der Waals surface area contributed by atoms with Gasteiger partial charge in [0, 0.05) is 31.4 Å². The number of fused-ring (bicyclic) bond motifs is 1. The molecule has 1 aliphatic rings. The maximum absolute atomic E-state index is 14.9. The van der Waals surface area contributed by atoms with Crippen molar-refractivity contribution in [3.63, 3.8) is 0 Å². The van der Waals surface area contributed by atoms with Crippen LogP contribution in [0.5, 0.6) is 0 Å². The molecule has 2 heterocycles. The monoisotopic (exact) mass is 579 g/mol. The van der Waals surface area contributed by atoms with Gasteiger partial charge in [-0.2, -0.15) is 12.7 Å². The molecule has 0 radical (unpaired) electrons. The van der Waals surface area contributed by atoms with Crippen molar-refractivity contribution >= 4 is 61.4 Å². The molecule has 0 saturated carbocycles. The molecule has 1 saturated heterocycles. The molecule has 0 unspecified atom stereocenters. The number of nitrogens with one attached hydrogen (secondary N) is 2. The first-order chi connectivity index (χ1) is 18.0. The highest BCUT2D eigenvalue weighted by molar-refractivity contribution is 7.90. The highest BCUT2D eigenvalue weighted by atomic mass is 35.5. The van der Waals surface area contributed by atoms with Gasteiger partial charge in [0.2, 0.25) is 0 Å². The molecule has 0 spiro atoms. The third-order valence-electron chi connectivity index (χ3n) is 6.25. The molecular weight excluding hydrogens is 559 g/mol. The first-order valence-corrected chi connectivity index (χ1v) is 13.7. The van der Waals surface area contributed by atoms with Gasteiger partial charge < -0.3 is 9.88 Å². The van der Waals surface area contributed by atoms with E-state index >= 15 is 0 Å². The molecule has 1 atom stereocenters. The quantitative estimate of drug-likeness (QED) is 0.315. The molecule has 5 rings (SSSR count). The predicted molar refractivity (Wildman–Crippen MR) is 146 cm³/mol. The zero-order chi connectivity index (χ0) is 27.2. The second kappa shape index (κ2) is 10.1. The lowest BCUT2D eigenvalue weighted by atomic mass is 10.0. The summed E-state index contributed by atoms with van der Waals surface area (Å²) >= 11 is 13.1. The minimum atomic E-state index is -3.89. The van der Waals surface area contributed by atoms with Crippen LogP contribution < -0.4 is 15.6 Å². The molecule has 8 nitrogen and oxygen atoms in total. The van der Waals surface area contributed by atoms with Crippen molar-refractivity contribution in [1.82, 2.24) is 13.9 Å². The van der Waals surface area contributed by atoms with E-state index in [4.69, 9.17) is 23.2 Å². The second-order valence-corrected chi connectivity index (χ2v) is 11.2. The standard InChI is InChI=1S/C25H21Cl2F2N5O3S/c1-33-13-30-19-8-9-20(23(27)21(19)25(33)35)31-24-18(29)7-6-17(22(24)26)14-2-4-16(5-3-14)32-38(36,37)34-11-10-15(28)12-34/h2-9,13,15,31-32H,10-12H2,1H3/t15-/m0/s1. The Balaban J connectivity index is 1.44. The van der Waals surface area contributed by atoms with Crippen molar-refractivity contribution in [2.24, 2.45) is 7.05 Å². The Labute approximate surface area is 227 Å². The molecule has 38 heavy (non-hydrogen) atoms. The van der Waals surface area contributed by atoms with Crippen LogP contribution in [0.15, 0.2) is 59.7 Å². The Hall–Kier alpha value is -3.25. The second-order valence-electron chi connectivity index (χ2n) is 8.82. The summed E-state index contributed by atoms with van der Waals surface area (Å²) in [5.41, 5.74) is 1.61. The number of alkyl halides is 1. The van der Waals surface area contributed by atoms with E-state index in [1.165, 1.54) is 35.2 Å². The summed E-state index contributed by atoms with van der Waals surface area (Å²) in [4.78, 5) is 16.8. The lowest BCUT2D eigenvalue weighted by molar-refractivity contribution is 0.343. The molecule has 0 amide bonds. The van der Waals surface area contributed by atoms with Crippen LogP contribution in [0.2, 0.25) is 10.0 Å². The largest absolute Gasteiger partial charge is 0.351 e. The summed E-state index contributed by atoms with van der Waals surface area (Å²) in [6, 6.07) is 12.2. The Kier molecular flexibility index (Phi) is 7.03. The van der Waals surface area contributed by atoms with E-state index in [9.17, 15) is 22.0 Å². The summed E-state index contributed by atoms with van der Waals surface area (Å²) < 4.78 is 58.1. The number of aryl methyl sites for hydroxylation is 1. The molecule has 4 aromatic rings. The molecule has 1 aliphatic heterocycles. The van der Waals surface area contributed by atoms with Gasteiger partial charge in [-0.3, -0.25) is 9.52 Å². The number of anilines is 3. The average molecular weight is 580 g/mol. The number of aromatic nitrogens is 2. The number of benzene rings is 3. The van der Waals surface area contributed by atoms with Crippen LogP contribution in [0.25, 0.3) is 22.0 Å². The van der Waals surface area contributed by atoms with Crippen molar-refractivity contribution in [1.29, 1.82) is 0 Å². The summed E-state index contributed by atoms with van der Waals surface area (Å²) in [5, 5.41) is 3.21. The third kappa shape index (κ3) is 4.94. The summed E-state index contributed by atoms with van der Waals surface area (Å²) in [6.45, 7) is -0.0669. The van der Waals surface area contributed by atoms with Gasteiger partial charge in [0.05, 0.1) is 38.7 Å². The van der Waals surface area contributed by atoms with E-state index in [0.717, 1.165) is 4.31 Å². The van der Waals surface area contributed by atoms with Gasteiger partial charge in [-0.15, -0.1) is 0 Å². The van der Waals surface area contributed by atoms with Gasteiger partial charge in [0.15, 0.2) is 0 Å². The van der Waals surface area contributed by atoms with Crippen LogP contribution in [0.1, 0.15) is 6.42 Å². The molecule has 3 aromatic carbocycles. The van der Waals surface area contributed by atoms with Crippen LogP contribution in [-0.2, 0) is 17.3 Å². The summed E-state index contributed by atoms with van der Waals surface area (Å²) in [5.74, 6) is -0.643. The van der Waals surface area contributed by atoms with Gasteiger partial charge in [0.25, 0.3) is 5.56 Å². The number of hydrogen-bond donors (Lipinski definition) is 2. The van der Waals surface area contributed by atoms with E-state index in [-0.39, 0.29) is 57.6 Å². The first-order valence-electron chi connectivity index (χ1n) is 11.5. The lowest BCUT2D eigenvalue weighted by Gasteiger charge is -2.17. The van der Waals surface area contributed by atoms with Gasteiger partial charge in [-0.25, -0.2) is 13.8 Å². The predicted octanol–water partition coefficient (Wildman–Crippen LogP) is 5.49. The van der Waals surface area contributed by atoms with Crippen LogP contribution in [0, 0.1) is 5.82 Å². The van der Waals surface area contributed by atoms with Crippen LogP contribution in [0.3, 0.4) is 0 Å². The minimum absolute atomic E-state index is 0.0503. The van der Waals surface area contributed by atoms with E-state index in [2.05, 4.69) is 15.0 Å². The van der Waals surface area contributed by atoms with Crippen LogP contribution in [0.4, 0.5) is 25.8 Å². The maximum atomic E-state index is 14.9. The van der Waals surface area contributed by atoms with Crippen molar-refractivity contribution in [3.8, 4) is 11.1 Å². The lowest BCUT2D eigenvalue weighted by Crippen LogP contribution is -2.34. The van der Waals surface area contributed by atoms with Crippen molar-refractivity contribution < 1.29 is 17.2 Å². The SMILES string of the molecule is Cn1cnc2ccc(Nc3c(F)ccc(-c4ccc(NS(=O)(=O)N5CC[C@H](F)C5)cc4)c3Cl)c(Cl)c2c1=O. The molecular formula is C25H21Cl2F2N5O3S. The van der Waals surface area contributed by atoms with E-state index < -0.39 is 22.2 Å². The molecule has 0 bridgehead atoms. The van der Waals surface area contributed by atoms with Crippen molar-refractivity contribution in [3.05, 3.63) is 81.1 Å². The highest BCUT2D eigenvalue weighted by Gasteiger charge is 2.31. The van der Waals surface area contributed by atoms with Gasteiger partial charge in [-0.1, -0.05) is 35.3 Å². The smallest absolute Gasteiger partial charge is 0.301 e. The van der Waals surface area contributed by atoms with Crippen LogP contribution in [-0.4, -0.2) is 41.5 Å². The third-order valence-corrected chi connectivity index (χ3v) is 8.54. The van der Waals surface area contributed by atoms with E-state index in [1.807, 2.05) is 0 Å². The maximum Gasteiger partial charge on any atom is 0.301 e. The summed E-state index contributed by atoms with van der Waals surface area (Å²) in [6.07, 6.45) is 0.372. The van der Waals surface area contributed by atoms with Gasteiger partial charge >= 0.3 is 10.2 Å². The number of halogens is 4. The number of hydrogen-bond acceptors (Lipinski definition) is 5. The van der Waals surface area contributed by atoms with Gasteiger partial charge in [-0.05, 0) is 48.4 Å². The van der Waals surface area contributed by atoms with Crippen molar-refractivity contribution in [2.75, 3.05) is 23.1 Å².